The molecule has 0 bridgehead atoms. The zero-order valence-corrected chi connectivity index (χ0v) is 16.0. The third-order valence-corrected chi connectivity index (χ3v) is 5.28. The third-order valence-electron chi connectivity index (χ3n) is 5.28. The second kappa shape index (κ2) is 7.59. The number of carboxylic acid groups (broad SMARTS) is 1. The van der Waals surface area contributed by atoms with Crippen molar-refractivity contribution in [2.24, 2.45) is 0 Å². The van der Waals surface area contributed by atoms with E-state index in [4.69, 9.17) is 4.74 Å². The highest BCUT2D eigenvalue weighted by Gasteiger charge is 2.37. The van der Waals surface area contributed by atoms with Gasteiger partial charge in [0.25, 0.3) is 5.91 Å². The molecule has 3 heterocycles. The molecular weight excluding hydrogens is 374 g/mol. The van der Waals surface area contributed by atoms with Crippen LogP contribution in [-0.2, 0) is 9.53 Å². The summed E-state index contributed by atoms with van der Waals surface area (Å²) in [5.74, 6) is -1.40. The van der Waals surface area contributed by atoms with Gasteiger partial charge in [-0.25, -0.2) is 4.68 Å². The Morgan fingerprint density at radius 2 is 2.03 bits per heavy atom. The molecule has 1 aliphatic heterocycles. The fourth-order valence-corrected chi connectivity index (χ4v) is 3.74. The van der Waals surface area contributed by atoms with E-state index in [0.29, 0.717) is 31.7 Å². The monoisotopic (exact) mass is 395 g/mol. The van der Waals surface area contributed by atoms with E-state index in [9.17, 15) is 14.7 Å². The number of benzene rings is 1. The van der Waals surface area contributed by atoms with Gasteiger partial charge in [0.1, 0.15) is 0 Å². The summed E-state index contributed by atoms with van der Waals surface area (Å²) in [5.41, 5.74) is 1.47. The van der Waals surface area contributed by atoms with E-state index in [0.717, 1.165) is 16.6 Å². The summed E-state index contributed by atoms with van der Waals surface area (Å²) in [6, 6.07) is 9.43. The van der Waals surface area contributed by atoms with Crippen molar-refractivity contribution in [1.82, 2.24) is 25.3 Å². The number of carbonyl (C=O) groups is 2. The molecule has 0 radical (unpaired) electrons. The van der Waals surface area contributed by atoms with Gasteiger partial charge in [-0.3, -0.25) is 14.6 Å². The lowest BCUT2D eigenvalue weighted by Crippen LogP contribution is -2.53. The number of rotatable bonds is 5. The molecule has 0 unspecified atom stereocenters. The van der Waals surface area contributed by atoms with Crippen LogP contribution in [0.1, 0.15) is 35.4 Å². The second-order valence-electron chi connectivity index (χ2n) is 7.20. The lowest BCUT2D eigenvalue weighted by molar-refractivity contribution is -0.139. The van der Waals surface area contributed by atoms with Crippen LogP contribution >= 0.6 is 0 Å². The largest absolute Gasteiger partial charge is 0.481 e. The average Bonchev–Trinajstić information content (AvgIpc) is 3.09. The Morgan fingerprint density at radius 1 is 1.24 bits per heavy atom. The molecule has 1 amide bonds. The van der Waals surface area contributed by atoms with Gasteiger partial charge in [0.05, 0.1) is 28.9 Å². The van der Waals surface area contributed by atoms with Crippen LogP contribution in [0.25, 0.3) is 16.6 Å². The van der Waals surface area contributed by atoms with Crippen molar-refractivity contribution in [3.05, 3.63) is 47.9 Å². The maximum Gasteiger partial charge on any atom is 0.305 e. The normalized spacial score (nSPS) is 15.9. The molecule has 0 atom stereocenters. The molecule has 1 saturated heterocycles. The zero-order chi connectivity index (χ0) is 20.4. The molecule has 0 spiro atoms. The lowest BCUT2D eigenvalue weighted by atomic mass is 9.86. The maximum absolute atomic E-state index is 13.0. The summed E-state index contributed by atoms with van der Waals surface area (Å²) < 4.78 is 6.94. The number of pyridine rings is 1. The first-order valence-corrected chi connectivity index (χ1v) is 9.38. The molecule has 1 aromatic carbocycles. The molecule has 150 valence electrons. The van der Waals surface area contributed by atoms with Crippen LogP contribution < -0.4 is 5.32 Å². The van der Waals surface area contributed by atoms with Gasteiger partial charge in [0, 0.05) is 24.8 Å². The van der Waals surface area contributed by atoms with E-state index >= 15 is 0 Å². The van der Waals surface area contributed by atoms with Gasteiger partial charge in [-0.15, -0.1) is 5.10 Å². The van der Waals surface area contributed by atoms with Crippen LogP contribution in [0.5, 0.6) is 0 Å². The molecule has 2 aromatic heterocycles. The summed E-state index contributed by atoms with van der Waals surface area (Å²) in [7, 11) is 0. The fourth-order valence-electron chi connectivity index (χ4n) is 3.74. The molecule has 2 N–H and O–H groups in total. The van der Waals surface area contributed by atoms with Crippen molar-refractivity contribution < 1.29 is 19.4 Å². The predicted octanol–water partition coefficient (Wildman–Crippen LogP) is 1.88. The number of amides is 1. The topological polar surface area (TPSA) is 119 Å². The molecule has 4 rings (SSSR count). The van der Waals surface area contributed by atoms with Crippen LogP contribution in [0, 0.1) is 6.92 Å². The van der Waals surface area contributed by atoms with E-state index in [1.165, 1.54) is 0 Å². The van der Waals surface area contributed by atoms with Crippen molar-refractivity contribution in [3.8, 4) is 5.69 Å². The van der Waals surface area contributed by atoms with E-state index < -0.39 is 17.4 Å². The minimum absolute atomic E-state index is 0.162. The molecule has 1 aliphatic rings. The summed E-state index contributed by atoms with van der Waals surface area (Å²) >= 11 is 0. The highest BCUT2D eigenvalue weighted by atomic mass is 16.5. The number of ether oxygens (including phenoxy) is 1. The van der Waals surface area contributed by atoms with Gasteiger partial charge >= 0.3 is 5.97 Å². The van der Waals surface area contributed by atoms with E-state index in [1.54, 1.807) is 17.8 Å². The van der Waals surface area contributed by atoms with Gasteiger partial charge in [-0.05, 0) is 44.0 Å². The van der Waals surface area contributed by atoms with Crippen LogP contribution in [0.15, 0.2) is 36.5 Å². The number of nitrogens with zero attached hydrogens (tertiary/aromatic N) is 4. The Morgan fingerprint density at radius 3 is 2.79 bits per heavy atom. The Bertz CT molecular complexity index is 1070. The Labute approximate surface area is 166 Å². The highest BCUT2D eigenvalue weighted by Crippen LogP contribution is 2.26. The molecule has 0 aliphatic carbocycles. The van der Waals surface area contributed by atoms with Crippen molar-refractivity contribution in [2.45, 2.75) is 31.7 Å². The van der Waals surface area contributed by atoms with Crippen LogP contribution in [0.3, 0.4) is 0 Å². The number of carboxylic acids is 1. The highest BCUT2D eigenvalue weighted by molar-refractivity contribution is 5.94. The average molecular weight is 395 g/mol. The fraction of sp³-hybridized carbons (Fsp3) is 0.350. The number of carbonyl (C=O) groups excluding carboxylic acids is 1. The van der Waals surface area contributed by atoms with Crippen LogP contribution in [-0.4, -0.2) is 55.7 Å². The predicted molar refractivity (Wildman–Crippen MR) is 104 cm³/mol. The summed E-state index contributed by atoms with van der Waals surface area (Å²) in [4.78, 5) is 28.6. The van der Waals surface area contributed by atoms with Gasteiger partial charge in [-0.1, -0.05) is 11.3 Å². The quantitative estimate of drug-likeness (QED) is 0.677. The molecule has 0 saturated carbocycles. The summed E-state index contributed by atoms with van der Waals surface area (Å²) in [5, 5.41) is 21.3. The van der Waals surface area contributed by atoms with Crippen molar-refractivity contribution >= 4 is 22.8 Å². The smallest absolute Gasteiger partial charge is 0.305 e. The molecular formula is C20H21N5O4. The first-order valence-electron chi connectivity index (χ1n) is 9.38. The van der Waals surface area contributed by atoms with E-state index in [2.05, 4.69) is 20.6 Å². The number of hydrogen-bond acceptors (Lipinski definition) is 6. The zero-order valence-electron chi connectivity index (χ0n) is 16.0. The molecule has 3 aromatic rings. The summed E-state index contributed by atoms with van der Waals surface area (Å²) in [6.45, 7) is 2.57. The van der Waals surface area contributed by atoms with Crippen molar-refractivity contribution in [2.75, 3.05) is 13.2 Å². The maximum atomic E-state index is 13.0. The molecule has 29 heavy (non-hydrogen) atoms. The number of nitrogens with one attached hydrogen (secondary N) is 1. The standard InChI is InChI=1S/C20H21N5O4/c1-13-18(19(28)22-20(12-17(26)27)7-10-29-11-8-20)23-24-25(13)16-6-2-5-15-14(16)4-3-9-21-15/h2-6,9H,7-8,10-12H2,1H3,(H,22,28)(H,26,27). The number of fused-ring (bicyclic) bond motifs is 1. The third kappa shape index (κ3) is 3.68. The first kappa shape index (κ1) is 19.0. The minimum atomic E-state index is -0.962. The Hall–Kier alpha value is -3.33. The van der Waals surface area contributed by atoms with Gasteiger partial charge < -0.3 is 15.2 Å². The summed E-state index contributed by atoms with van der Waals surface area (Å²) in [6.07, 6.45) is 2.43. The molecule has 9 nitrogen and oxygen atoms in total. The second-order valence-corrected chi connectivity index (χ2v) is 7.20. The van der Waals surface area contributed by atoms with Gasteiger partial charge in [0.15, 0.2) is 5.69 Å². The molecule has 1 fully saturated rings. The SMILES string of the molecule is Cc1c(C(=O)NC2(CC(=O)O)CCOCC2)nnn1-c1cccc2ncccc12. The lowest BCUT2D eigenvalue weighted by Gasteiger charge is -2.36. The van der Waals surface area contributed by atoms with Gasteiger partial charge in [0.2, 0.25) is 0 Å². The number of aliphatic carboxylic acids is 1. The van der Waals surface area contributed by atoms with Crippen molar-refractivity contribution in [1.29, 1.82) is 0 Å². The Kier molecular flexibility index (Phi) is 4.98. The van der Waals surface area contributed by atoms with Crippen LogP contribution in [0.4, 0.5) is 0 Å². The first-order chi connectivity index (χ1) is 14.0. The van der Waals surface area contributed by atoms with E-state index in [-0.39, 0.29) is 12.1 Å². The Balaban J connectivity index is 1.66. The minimum Gasteiger partial charge on any atom is -0.481 e. The van der Waals surface area contributed by atoms with Gasteiger partial charge in [-0.2, -0.15) is 0 Å². The van der Waals surface area contributed by atoms with Crippen molar-refractivity contribution in [3.63, 3.8) is 0 Å². The van der Waals surface area contributed by atoms with E-state index in [1.807, 2.05) is 30.3 Å². The number of aromatic nitrogens is 4. The number of hydrogen-bond donors (Lipinski definition) is 2. The molecule has 9 heteroatoms. The van der Waals surface area contributed by atoms with Crippen LogP contribution in [0.2, 0.25) is 0 Å².